The number of nitrogens with one attached hydrogen (secondary N) is 3. The number of ether oxygens (including phenoxy) is 1. The number of aliphatic hydroxyl groups excluding tert-OH is 1. The molecule has 1 amide bonds. The highest BCUT2D eigenvalue weighted by Gasteiger charge is 2.18. The molecular weight excluding hydrogens is 406 g/mol. The third kappa shape index (κ3) is 9.77. The molecule has 1 heterocycles. The highest BCUT2D eigenvalue weighted by molar-refractivity contribution is 5.79. The van der Waals surface area contributed by atoms with Crippen LogP contribution in [0, 0.1) is 5.92 Å². The smallest absolute Gasteiger partial charge is 0.407 e. The van der Waals surface area contributed by atoms with Gasteiger partial charge in [0.2, 0.25) is 0 Å². The summed E-state index contributed by atoms with van der Waals surface area (Å²) in [5.41, 5.74) is 1.90. The average molecular weight is 448 g/mol. The molecule has 1 aromatic rings. The van der Waals surface area contributed by atoms with Gasteiger partial charge in [-0.05, 0) is 70.6 Å². The lowest BCUT2D eigenvalue weighted by molar-refractivity contribution is 0.0527. The normalized spacial score (nSPS) is 15.4. The first-order valence-corrected chi connectivity index (χ1v) is 11.7. The number of aliphatic imine (C=N–C) groups is 1. The SMILES string of the molecule is CCNC(=NCc1ccc(N2CCC(CO)CC2)cc1)NCCCNC(=O)OC(C)(C)C. The lowest BCUT2D eigenvalue weighted by atomic mass is 9.97. The third-order valence-corrected chi connectivity index (χ3v) is 5.25. The van der Waals surface area contributed by atoms with E-state index in [4.69, 9.17) is 4.74 Å². The summed E-state index contributed by atoms with van der Waals surface area (Å²) >= 11 is 0. The fraction of sp³-hybridized carbons (Fsp3) is 0.667. The van der Waals surface area contributed by atoms with Gasteiger partial charge in [-0.1, -0.05) is 12.1 Å². The highest BCUT2D eigenvalue weighted by atomic mass is 16.6. The van der Waals surface area contributed by atoms with Gasteiger partial charge in [0.05, 0.1) is 6.54 Å². The number of carbonyl (C=O) groups excluding carboxylic acids is 1. The zero-order valence-corrected chi connectivity index (χ0v) is 20.1. The molecule has 8 heteroatoms. The predicted octanol–water partition coefficient (Wildman–Crippen LogP) is 2.87. The Hall–Kier alpha value is -2.48. The molecule has 32 heavy (non-hydrogen) atoms. The number of nitrogens with zero attached hydrogens (tertiary/aromatic N) is 2. The van der Waals surface area contributed by atoms with Crippen LogP contribution in [0.15, 0.2) is 29.3 Å². The predicted molar refractivity (Wildman–Crippen MR) is 130 cm³/mol. The van der Waals surface area contributed by atoms with E-state index in [0.717, 1.165) is 50.4 Å². The van der Waals surface area contributed by atoms with Crippen LogP contribution >= 0.6 is 0 Å². The van der Waals surface area contributed by atoms with Gasteiger partial charge in [-0.25, -0.2) is 9.79 Å². The van der Waals surface area contributed by atoms with E-state index >= 15 is 0 Å². The standard InChI is InChI=1S/C24H41N5O3/c1-5-25-22(26-13-6-14-27-23(31)32-24(2,3)4)28-17-19-7-9-21(10-8-19)29-15-11-20(18-30)12-16-29/h7-10,20,30H,5-6,11-18H2,1-4H3,(H,27,31)(H2,25,26,28). The Balaban J connectivity index is 1.74. The molecule has 0 unspecified atom stereocenters. The Labute approximate surface area is 192 Å². The summed E-state index contributed by atoms with van der Waals surface area (Å²) in [6.07, 6.45) is 2.48. The minimum atomic E-state index is -0.484. The maximum Gasteiger partial charge on any atom is 0.407 e. The van der Waals surface area contributed by atoms with Crippen molar-refractivity contribution in [2.45, 2.75) is 59.1 Å². The summed E-state index contributed by atoms with van der Waals surface area (Å²) in [5.74, 6) is 1.21. The van der Waals surface area contributed by atoms with E-state index < -0.39 is 5.60 Å². The largest absolute Gasteiger partial charge is 0.444 e. The number of rotatable bonds is 9. The summed E-state index contributed by atoms with van der Waals surface area (Å²) < 4.78 is 5.23. The molecule has 1 aliphatic rings. The minimum absolute atomic E-state index is 0.299. The second kappa shape index (κ2) is 13.2. The molecule has 0 atom stereocenters. The molecule has 1 aliphatic heterocycles. The second-order valence-corrected chi connectivity index (χ2v) is 9.18. The molecule has 0 aliphatic carbocycles. The van der Waals surface area contributed by atoms with E-state index in [1.54, 1.807) is 0 Å². The number of anilines is 1. The molecule has 1 saturated heterocycles. The summed E-state index contributed by atoms with van der Waals surface area (Å²) in [6.45, 7) is 12.5. The summed E-state index contributed by atoms with van der Waals surface area (Å²) in [6, 6.07) is 8.58. The number of amides is 1. The van der Waals surface area contributed by atoms with Crippen molar-refractivity contribution < 1.29 is 14.6 Å². The number of aliphatic hydroxyl groups is 1. The van der Waals surface area contributed by atoms with E-state index in [1.807, 2.05) is 27.7 Å². The first-order valence-electron chi connectivity index (χ1n) is 11.7. The van der Waals surface area contributed by atoms with Crippen molar-refractivity contribution in [3.05, 3.63) is 29.8 Å². The van der Waals surface area contributed by atoms with Crippen molar-refractivity contribution in [2.75, 3.05) is 44.2 Å². The molecule has 0 bridgehead atoms. The quantitative estimate of drug-likeness (QED) is 0.264. The first kappa shape index (κ1) is 25.8. The van der Waals surface area contributed by atoms with Gasteiger partial charge in [0.25, 0.3) is 0 Å². The molecule has 180 valence electrons. The van der Waals surface area contributed by atoms with Gasteiger partial charge in [-0.15, -0.1) is 0 Å². The van der Waals surface area contributed by atoms with E-state index in [2.05, 4.69) is 50.1 Å². The fourth-order valence-corrected chi connectivity index (χ4v) is 3.50. The van der Waals surface area contributed by atoms with Gasteiger partial charge in [0, 0.05) is 45.0 Å². The Bertz CT molecular complexity index is 707. The molecule has 0 saturated carbocycles. The van der Waals surface area contributed by atoms with E-state index in [9.17, 15) is 9.90 Å². The lowest BCUT2D eigenvalue weighted by Gasteiger charge is -2.32. The van der Waals surface area contributed by atoms with Gasteiger partial charge in [0.15, 0.2) is 5.96 Å². The van der Waals surface area contributed by atoms with Crippen LogP contribution in [0.1, 0.15) is 52.5 Å². The van der Waals surface area contributed by atoms with E-state index in [1.165, 1.54) is 5.69 Å². The highest BCUT2D eigenvalue weighted by Crippen LogP contribution is 2.23. The van der Waals surface area contributed by atoms with Crippen LogP contribution in [-0.2, 0) is 11.3 Å². The molecule has 1 aromatic carbocycles. The molecule has 1 fully saturated rings. The van der Waals surface area contributed by atoms with Crippen molar-refractivity contribution in [3.63, 3.8) is 0 Å². The molecule has 2 rings (SSSR count). The van der Waals surface area contributed by atoms with Crippen molar-refractivity contribution in [3.8, 4) is 0 Å². The Morgan fingerprint density at radius 1 is 1.12 bits per heavy atom. The number of alkyl carbamates (subject to hydrolysis) is 1. The maximum absolute atomic E-state index is 11.7. The Morgan fingerprint density at radius 3 is 2.38 bits per heavy atom. The molecule has 0 aromatic heterocycles. The Morgan fingerprint density at radius 2 is 1.78 bits per heavy atom. The van der Waals surface area contributed by atoms with Crippen LogP contribution in [0.25, 0.3) is 0 Å². The van der Waals surface area contributed by atoms with Crippen LogP contribution < -0.4 is 20.9 Å². The fourth-order valence-electron chi connectivity index (χ4n) is 3.50. The third-order valence-electron chi connectivity index (χ3n) is 5.25. The van der Waals surface area contributed by atoms with Gasteiger partial charge in [-0.3, -0.25) is 0 Å². The number of hydrogen-bond donors (Lipinski definition) is 4. The van der Waals surface area contributed by atoms with Gasteiger partial charge in [0.1, 0.15) is 5.60 Å². The van der Waals surface area contributed by atoms with E-state index in [0.29, 0.717) is 32.2 Å². The maximum atomic E-state index is 11.7. The molecular formula is C24H41N5O3. The van der Waals surface area contributed by atoms with Crippen molar-refractivity contribution >= 4 is 17.7 Å². The average Bonchev–Trinajstić information content (AvgIpc) is 2.76. The van der Waals surface area contributed by atoms with Crippen LogP contribution in [0.3, 0.4) is 0 Å². The van der Waals surface area contributed by atoms with Gasteiger partial charge < -0.3 is 30.7 Å². The topological polar surface area (TPSA) is 98.2 Å². The van der Waals surface area contributed by atoms with Crippen LogP contribution in [0.5, 0.6) is 0 Å². The van der Waals surface area contributed by atoms with Crippen molar-refractivity contribution in [1.29, 1.82) is 0 Å². The molecule has 8 nitrogen and oxygen atoms in total. The summed E-state index contributed by atoms with van der Waals surface area (Å²) in [5, 5.41) is 18.6. The van der Waals surface area contributed by atoms with Crippen molar-refractivity contribution in [1.82, 2.24) is 16.0 Å². The number of piperidine rings is 1. The van der Waals surface area contributed by atoms with Crippen LogP contribution in [0.2, 0.25) is 0 Å². The van der Waals surface area contributed by atoms with Crippen molar-refractivity contribution in [2.24, 2.45) is 10.9 Å². The van der Waals surface area contributed by atoms with Gasteiger partial charge >= 0.3 is 6.09 Å². The first-order chi connectivity index (χ1) is 15.3. The summed E-state index contributed by atoms with van der Waals surface area (Å²) in [7, 11) is 0. The lowest BCUT2D eigenvalue weighted by Crippen LogP contribution is -2.39. The van der Waals surface area contributed by atoms with Gasteiger partial charge in [-0.2, -0.15) is 0 Å². The zero-order chi connectivity index (χ0) is 23.4. The second-order valence-electron chi connectivity index (χ2n) is 9.18. The molecule has 0 radical (unpaired) electrons. The van der Waals surface area contributed by atoms with Crippen LogP contribution in [-0.4, -0.2) is 62.1 Å². The molecule has 0 spiro atoms. The number of benzene rings is 1. The number of carbonyl (C=O) groups is 1. The summed E-state index contributed by atoms with van der Waals surface area (Å²) in [4.78, 5) is 18.7. The minimum Gasteiger partial charge on any atom is -0.444 e. The number of hydrogen-bond acceptors (Lipinski definition) is 5. The zero-order valence-electron chi connectivity index (χ0n) is 20.1. The van der Waals surface area contributed by atoms with Crippen LogP contribution in [0.4, 0.5) is 10.5 Å². The molecule has 4 N–H and O–H groups in total. The number of guanidine groups is 1. The Kier molecular flexibility index (Phi) is 10.6. The monoisotopic (exact) mass is 447 g/mol. The van der Waals surface area contributed by atoms with E-state index in [-0.39, 0.29) is 6.09 Å².